The van der Waals surface area contributed by atoms with E-state index in [4.69, 9.17) is 16.2 Å². The highest BCUT2D eigenvalue weighted by atomic mass is 32.2. The summed E-state index contributed by atoms with van der Waals surface area (Å²) in [4.78, 5) is 11.3. The van der Waals surface area contributed by atoms with Gasteiger partial charge in [-0.05, 0) is 32.0 Å². The fraction of sp³-hybridized carbons (Fsp3) is 0.462. The number of amides is 1. The van der Waals surface area contributed by atoms with Gasteiger partial charge in [0, 0.05) is 12.7 Å². The van der Waals surface area contributed by atoms with Crippen molar-refractivity contribution in [3.05, 3.63) is 24.3 Å². The third-order valence-electron chi connectivity index (χ3n) is 2.85. The first kappa shape index (κ1) is 16.5. The molecule has 0 aromatic heterocycles. The third-order valence-corrected chi connectivity index (χ3v) is 3.96. The highest BCUT2D eigenvalue weighted by Gasteiger charge is 2.28. The summed E-state index contributed by atoms with van der Waals surface area (Å²) in [6.45, 7) is 3.27. The van der Waals surface area contributed by atoms with Gasteiger partial charge in [0.05, 0.1) is 16.5 Å². The molecule has 4 N–H and O–H groups in total. The maximum absolute atomic E-state index is 11.5. The Balaban J connectivity index is 2.82. The highest BCUT2D eigenvalue weighted by molar-refractivity contribution is 7.90. The summed E-state index contributed by atoms with van der Waals surface area (Å²) in [6.07, 6.45) is 0.970. The van der Waals surface area contributed by atoms with Crippen molar-refractivity contribution in [2.24, 2.45) is 11.5 Å². The van der Waals surface area contributed by atoms with E-state index in [9.17, 15) is 13.2 Å². The number of primary amides is 1. The maximum Gasteiger partial charge on any atom is 0.237 e. The van der Waals surface area contributed by atoms with Gasteiger partial charge in [0.2, 0.25) is 5.91 Å². The first-order chi connectivity index (χ1) is 9.02. The van der Waals surface area contributed by atoms with Crippen molar-refractivity contribution in [2.75, 3.05) is 6.26 Å². The normalized spacial score (nSPS) is 16.2. The second kappa shape index (κ2) is 5.80. The molecule has 1 aromatic rings. The molecule has 0 saturated carbocycles. The summed E-state index contributed by atoms with van der Waals surface area (Å²) in [7, 11) is -3.29. The fourth-order valence-corrected chi connectivity index (χ4v) is 2.41. The van der Waals surface area contributed by atoms with Gasteiger partial charge in [-0.2, -0.15) is 0 Å². The third kappa shape index (κ3) is 4.50. The quantitative estimate of drug-likeness (QED) is 0.792. The molecule has 1 amide bonds. The minimum absolute atomic E-state index is 0.174. The van der Waals surface area contributed by atoms with Crippen LogP contribution in [0.1, 0.15) is 20.3 Å². The van der Waals surface area contributed by atoms with Gasteiger partial charge in [-0.15, -0.1) is 0 Å². The highest BCUT2D eigenvalue weighted by Crippen LogP contribution is 2.20. The minimum atomic E-state index is -3.29. The van der Waals surface area contributed by atoms with Crippen LogP contribution < -0.4 is 16.2 Å². The van der Waals surface area contributed by atoms with Gasteiger partial charge < -0.3 is 16.2 Å². The molecule has 0 aliphatic carbocycles. The van der Waals surface area contributed by atoms with E-state index in [0.29, 0.717) is 5.75 Å². The number of benzene rings is 1. The minimum Gasteiger partial charge on any atom is -0.491 e. The Bertz CT molecular complexity index is 596. The lowest BCUT2D eigenvalue weighted by molar-refractivity contribution is -0.123. The van der Waals surface area contributed by atoms with Crippen molar-refractivity contribution in [1.29, 1.82) is 0 Å². The molecule has 0 radical (unpaired) electrons. The number of hydrogen-bond acceptors (Lipinski definition) is 5. The zero-order valence-corrected chi connectivity index (χ0v) is 12.6. The molecule has 2 unspecified atom stereocenters. The summed E-state index contributed by atoms with van der Waals surface area (Å²) in [5, 5.41) is 0. The standard InChI is InChI=1S/C13H20N2O4S/c1-9(8-13(2,15)12(14)16)19-10-5-4-6-11(7-10)20(3,17)18/h4-7,9H,8,15H2,1-3H3,(H2,14,16). The van der Waals surface area contributed by atoms with E-state index in [1.807, 2.05) is 0 Å². The summed E-state index contributed by atoms with van der Waals surface area (Å²) in [6, 6.07) is 6.16. The first-order valence-corrected chi connectivity index (χ1v) is 7.97. The molecule has 1 aromatic carbocycles. The molecule has 0 bridgehead atoms. The number of carbonyl (C=O) groups is 1. The van der Waals surface area contributed by atoms with Crippen LogP contribution in [0.3, 0.4) is 0 Å². The van der Waals surface area contributed by atoms with Crippen molar-refractivity contribution >= 4 is 15.7 Å². The molecule has 6 nitrogen and oxygen atoms in total. The summed E-state index contributed by atoms with van der Waals surface area (Å²) in [5.74, 6) is -0.210. The molecule has 1 rings (SSSR count). The van der Waals surface area contributed by atoms with E-state index in [0.717, 1.165) is 6.26 Å². The molecule has 0 fully saturated rings. The van der Waals surface area contributed by atoms with Crippen LogP contribution in [0.25, 0.3) is 0 Å². The van der Waals surface area contributed by atoms with Crippen molar-refractivity contribution in [3.63, 3.8) is 0 Å². The Morgan fingerprint density at radius 2 is 2.05 bits per heavy atom. The topological polar surface area (TPSA) is 112 Å². The number of rotatable bonds is 6. The van der Waals surface area contributed by atoms with E-state index in [1.165, 1.54) is 19.1 Å². The smallest absolute Gasteiger partial charge is 0.237 e. The number of sulfone groups is 1. The number of ether oxygens (including phenoxy) is 1. The van der Waals surface area contributed by atoms with Crippen molar-refractivity contribution in [1.82, 2.24) is 0 Å². The van der Waals surface area contributed by atoms with Gasteiger partial charge in [-0.25, -0.2) is 8.42 Å². The Hall–Kier alpha value is -1.60. The van der Waals surface area contributed by atoms with E-state index in [1.54, 1.807) is 19.1 Å². The lowest BCUT2D eigenvalue weighted by Crippen LogP contribution is -2.51. The monoisotopic (exact) mass is 300 g/mol. The average Bonchev–Trinajstić information content (AvgIpc) is 2.26. The van der Waals surface area contributed by atoms with Gasteiger partial charge in [0.15, 0.2) is 9.84 Å². The molecule has 20 heavy (non-hydrogen) atoms. The maximum atomic E-state index is 11.5. The first-order valence-electron chi connectivity index (χ1n) is 6.08. The van der Waals surface area contributed by atoms with E-state index in [-0.39, 0.29) is 17.4 Å². The zero-order valence-electron chi connectivity index (χ0n) is 11.8. The number of carbonyl (C=O) groups excluding carboxylic acids is 1. The van der Waals surface area contributed by atoms with Crippen LogP contribution in [0.2, 0.25) is 0 Å². The molecule has 0 spiro atoms. The van der Waals surface area contributed by atoms with Crippen LogP contribution in [-0.2, 0) is 14.6 Å². The van der Waals surface area contributed by atoms with Gasteiger partial charge >= 0.3 is 0 Å². The molecule has 2 atom stereocenters. The van der Waals surface area contributed by atoms with Gasteiger partial charge in [0.25, 0.3) is 0 Å². The summed E-state index contributed by atoms with van der Waals surface area (Å²) in [5.41, 5.74) is 9.78. The molecule has 7 heteroatoms. The largest absolute Gasteiger partial charge is 0.491 e. The van der Waals surface area contributed by atoms with Crippen LogP contribution in [0.5, 0.6) is 5.75 Å². The van der Waals surface area contributed by atoms with Crippen LogP contribution in [0, 0.1) is 0 Å². The summed E-state index contributed by atoms with van der Waals surface area (Å²) < 4.78 is 28.5. The lowest BCUT2D eigenvalue weighted by atomic mass is 9.95. The SMILES string of the molecule is CC(CC(C)(N)C(N)=O)Oc1cccc(S(C)(=O)=O)c1. The van der Waals surface area contributed by atoms with Crippen molar-refractivity contribution < 1.29 is 17.9 Å². The van der Waals surface area contributed by atoms with Crippen LogP contribution in [0.4, 0.5) is 0 Å². The Kier molecular flexibility index (Phi) is 4.77. The van der Waals surface area contributed by atoms with Crippen LogP contribution in [-0.4, -0.2) is 32.2 Å². The lowest BCUT2D eigenvalue weighted by Gasteiger charge is -2.25. The van der Waals surface area contributed by atoms with Crippen LogP contribution >= 0.6 is 0 Å². The molecular weight excluding hydrogens is 280 g/mol. The van der Waals surface area contributed by atoms with Crippen LogP contribution in [0.15, 0.2) is 29.2 Å². The number of hydrogen-bond donors (Lipinski definition) is 2. The van der Waals surface area contributed by atoms with E-state index < -0.39 is 21.3 Å². The second-order valence-corrected chi connectivity index (χ2v) is 7.18. The predicted octanol–water partition coefficient (Wildman–Crippen LogP) is 0.450. The molecule has 0 aliphatic heterocycles. The molecule has 0 saturated heterocycles. The zero-order chi connectivity index (χ0) is 15.6. The molecular formula is C13H20N2O4S. The Morgan fingerprint density at radius 1 is 1.45 bits per heavy atom. The molecule has 0 aliphatic rings. The Morgan fingerprint density at radius 3 is 2.55 bits per heavy atom. The van der Waals surface area contributed by atoms with Gasteiger partial charge in [0.1, 0.15) is 5.75 Å². The molecule has 0 heterocycles. The van der Waals surface area contributed by atoms with Crippen molar-refractivity contribution in [3.8, 4) is 5.75 Å². The fourth-order valence-electron chi connectivity index (χ4n) is 1.75. The van der Waals surface area contributed by atoms with Gasteiger partial charge in [-0.3, -0.25) is 4.79 Å². The number of nitrogens with two attached hydrogens (primary N) is 2. The van der Waals surface area contributed by atoms with Gasteiger partial charge in [-0.1, -0.05) is 6.07 Å². The average molecular weight is 300 g/mol. The summed E-state index contributed by atoms with van der Waals surface area (Å²) >= 11 is 0. The molecule has 112 valence electrons. The predicted molar refractivity (Wildman–Crippen MR) is 76.0 cm³/mol. The van der Waals surface area contributed by atoms with E-state index >= 15 is 0 Å². The second-order valence-electron chi connectivity index (χ2n) is 5.16. The van der Waals surface area contributed by atoms with Crippen molar-refractivity contribution in [2.45, 2.75) is 36.8 Å². The Labute approximate surface area is 119 Å². The van der Waals surface area contributed by atoms with E-state index in [2.05, 4.69) is 0 Å².